The number of carbonyl (C=O) groups excluding carboxylic acids is 1. The van der Waals surface area contributed by atoms with Crippen molar-refractivity contribution >= 4 is 16.9 Å². The van der Waals surface area contributed by atoms with Crippen LogP contribution in [0.2, 0.25) is 0 Å². The topological polar surface area (TPSA) is 78.1 Å². The van der Waals surface area contributed by atoms with Crippen LogP contribution < -0.4 is 0 Å². The van der Waals surface area contributed by atoms with Gasteiger partial charge in [0.15, 0.2) is 0 Å². The average molecular weight is 354 g/mol. The van der Waals surface area contributed by atoms with E-state index in [-0.39, 0.29) is 12.0 Å². The quantitative estimate of drug-likeness (QED) is 0.709. The second-order valence-corrected chi connectivity index (χ2v) is 6.60. The van der Waals surface area contributed by atoms with Gasteiger partial charge in [-0.25, -0.2) is 9.67 Å². The second-order valence-electron chi connectivity index (χ2n) is 6.60. The maximum absolute atomic E-state index is 12.7. The molecule has 1 amide bonds. The third-order valence-corrected chi connectivity index (χ3v) is 4.70. The van der Waals surface area contributed by atoms with Gasteiger partial charge in [-0.2, -0.15) is 0 Å². The summed E-state index contributed by atoms with van der Waals surface area (Å²) >= 11 is 0. The van der Waals surface area contributed by atoms with Crippen molar-refractivity contribution in [2.45, 2.75) is 26.0 Å². The van der Waals surface area contributed by atoms with E-state index in [0.717, 1.165) is 22.6 Å². The van der Waals surface area contributed by atoms with Gasteiger partial charge in [-0.05, 0) is 19.1 Å². The molecule has 0 spiro atoms. The van der Waals surface area contributed by atoms with Crippen LogP contribution in [0.5, 0.6) is 0 Å². The molecule has 1 aliphatic rings. The zero-order chi connectivity index (χ0) is 18.1. The van der Waals surface area contributed by atoms with Crippen molar-refractivity contribution in [1.82, 2.24) is 29.4 Å². The van der Waals surface area contributed by atoms with E-state index in [1.165, 1.54) is 0 Å². The van der Waals surface area contributed by atoms with Crippen LogP contribution in [-0.4, -0.2) is 55.0 Å². The van der Waals surface area contributed by atoms with Crippen LogP contribution in [-0.2, 0) is 23.1 Å². The Morgan fingerprint density at radius 1 is 1.35 bits per heavy atom. The number of para-hydroxylation sites is 1. The van der Waals surface area contributed by atoms with Gasteiger partial charge in [0.05, 0.1) is 30.9 Å². The zero-order valence-electron chi connectivity index (χ0n) is 15.0. The molecule has 1 aromatic carbocycles. The van der Waals surface area contributed by atoms with Crippen molar-refractivity contribution in [2.75, 3.05) is 19.7 Å². The van der Waals surface area contributed by atoms with Gasteiger partial charge in [-0.15, -0.1) is 5.10 Å². The Morgan fingerprint density at radius 2 is 2.19 bits per heavy atom. The van der Waals surface area contributed by atoms with Gasteiger partial charge in [-0.3, -0.25) is 4.79 Å². The first-order valence-corrected chi connectivity index (χ1v) is 8.79. The fourth-order valence-electron chi connectivity index (χ4n) is 3.41. The highest BCUT2D eigenvalue weighted by Gasteiger charge is 2.28. The smallest absolute Gasteiger partial charge is 0.224 e. The number of benzene rings is 1. The largest absolute Gasteiger partial charge is 0.367 e. The molecule has 1 atom stereocenters. The molecule has 26 heavy (non-hydrogen) atoms. The number of nitrogens with zero attached hydrogens (tertiary/aromatic N) is 6. The molecule has 3 aromatic rings. The normalized spacial score (nSPS) is 17.8. The number of ether oxygens (including phenoxy) is 1. The molecule has 0 unspecified atom stereocenters. The highest BCUT2D eigenvalue weighted by molar-refractivity contribution is 5.77. The zero-order valence-corrected chi connectivity index (χ0v) is 15.0. The number of hydrogen-bond donors (Lipinski definition) is 0. The molecule has 2 aromatic heterocycles. The van der Waals surface area contributed by atoms with Crippen LogP contribution in [0.1, 0.15) is 24.0 Å². The summed E-state index contributed by atoms with van der Waals surface area (Å²) in [5.74, 6) is 0.964. The number of hydrogen-bond acceptors (Lipinski definition) is 5. The fourth-order valence-corrected chi connectivity index (χ4v) is 3.41. The molecule has 0 N–H and O–H groups in total. The summed E-state index contributed by atoms with van der Waals surface area (Å²) in [5, 5.41) is 8.28. The third kappa shape index (κ3) is 3.20. The van der Waals surface area contributed by atoms with Crippen LogP contribution in [0.3, 0.4) is 0 Å². The Morgan fingerprint density at radius 3 is 3.00 bits per heavy atom. The van der Waals surface area contributed by atoms with Crippen LogP contribution in [0.25, 0.3) is 11.0 Å². The van der Waals surface area contributed by atoms with Crippen molar-refractivity contribution in [1.29, 1.82) is 0 Å². The molecule has 0 radical (unpaired) electrons. The van der Waals surface area contributed by atoms with Gasteiger partial charge >= 0.3 is 0 Å². The maximum Gasteiger partial charge on any atom is 0.224 e. The molecular formula is C18H22N6O2. The molecule has 0 saturated carbocycles. The Bertz CT molecular complexity index is 931. The predicted molar refractivity (Wildman–Crippen MR) is 95.4 cm³/mol. The van der Waals surface area contributed by atoms with Crippen LogP contribution in [0.4, 0.5) is 0 Å². The highest BCUT2D eigenvalue weighted by atomic mass is 16.5. The minimum atomic E-state index is -0.182. The maximum atomic E-state index is 12.7. The van der Waals surface area contributed by atoms with Crippen molar-refractivity contribution in [3.05, 3.63) is 42.0 Å². The average Bonchev–Trinajstić information content (AvgIpc) is 3.22. The Hall–Kier alpha value is -2.74. The van der Waals surface area contributed by atoms with Crippen LogP contribution in [0, 0.1) is 6.92 Å². The van der Waals surface area contributed by atoms with E-state index in [4.69, 9.17) is 4.74 Å². The molecule has 8 heteroatoms. The lowest BCUT2D eigenvalue weighted by molar-refractivity contribution is -0.139. The Kier molecular flexibility index (Phi) is 4.42. The number of amides is 1. The van der Waals surface area contributed by atoms with E-state index in [0.29, 0.717) is 32.7 Å². The minimum absolute atomic E-state index is 0.101. The standard InChI is InChI=1S/C18H22N6O2/c1-13-11-22(2)18(19-13)16-12-23(9-10-26-16)17(25)7-8-24-15-6-4-3-5-14(15)20-21-24/h3-6,11,16H,7-10,12H2,1-2H3/t16-/m1/s1. The van der Waals surface area contributed by atoms with Crippen LogP contribution >= 0.6 is 0 Å². The molecule has 1 fully saturated rings. The molecule has 8 nitrogen and oxygen atoms in total. The monoisotopic (exact) mass is 354 g/mol. The lowest BCUT2D eigenvalue weighted by Crippen LogP contribution is -2.43. The van der Waals surface area contributed by atoms with Crippen molar-refractivity contribution < 1.29 is 9.53 Å². The molecule has 0 aliphatic carbocycles. The van der Waals surface area contributed by atoms with Gasteiger partial charge in [0.25, 0.3) is 0 Å². The molecule has 4 rings (SSSR count). The number of aromatic nitrogens is 5. The molecule has 0 bridgehead atoms. The first-order valence-electron chi connectivity index (χ1n) is 8.79. The Balaban J connectivity index is 1.40. The second kappa shape index (κ2) is 6.87. The number of morpholine rings is 1. The van der Waals surface area contributed by atoms with Gasteiger partial charge in [0, 0.05) is 26.2 Å². The summed E-state index contributed by atoms with van der Waals surface area (Å²) < 4.78 is 9.59. The van der Waals surface area contributed by atoms with Gasteiger partial charge < -0.3 is 14.2 Å². The SMILES string of the molecule is Cc1cn(C)c([C@H]2CN(C(=O)CCn3nnc4ccccc43)CCO2)n1. The number of fused-ring (bicyclic) bond motifs is 1. The fraction of sp³-hybridized carbons (Fsp3) is 0.444. The van der Waals surface area contributed by atoms with Crippen molar-refractivity contribution in [3.8, 4) is 0 Å². The van der Waals surface area contributed by atoms with E-state index in [1.807, 2.05) is 53.9 Å². The van der Waals surface area contributed by atoms with E-state index < -0.39 is 0 Å². The van der Waals surface area contributed by atoms with E-state index in [2.05, 4.69) is 15.3 Å². The van der Waals surface area contributed by atoms with Gasteiger partial charge in [-0.1, -0.05) is 17.3 Å². The summed E-state index contributed by atoms with van der Waals surface area (Å²) in [5.41, 5.74) is 2.74. The van der Waals surface area contributed by atoms with Gasteiger partial charge in [0.1, 0.15) is 17.4 Å². The number of imidazole rings is 1. The van der Waals surface area contributed by atoms with Crippen molar-refractivity contribution in [2.24, 2.45) is 7.05 Å². The first kappa shape index (κ1) is 16.7. The minimum Gasteiger partial charge on any atom is -0.367 e. The van der Waals surface area contributed by atoms with Gasteiger partial charge in [0.2, 0.25) is 5.91 Å². The molecule has 1 aliphatic heterocycles. The highest BCUT2D eigenvalue weighted by Crippen LogP contribution is 2.22. The first-order chi connectivity index (χ1) is 12.6. The molecule has 136 valence electrons. The Labute approximate surface area is 151 Å². The predicted octanol–water partition coefficient (Wildman–Crippen LogP) is 1.46. The molecule has 1 saturated heterocycles. The summed E-state index contributed by atoms with van der Waals surface area (Å²) in [7, 11) is 1.95. The lowest BCUT2D eigenvalue weighted by atomic mass is 10.2. The third-order valence-electron chi connectivity index (χ3n) is 4.70. The summed E-state index contributed by atoms with van der Waals surface area (Å²) in [4.78, 5) is 19.1. The van der Waals surface area contributed by atoms with E-state index >= 15 is 0 Å². The molecule has 3 heterocycles. The summed E-state index contributed by atoms with van der Waals surface area (Å²) in [6, 6.07) is 7.77. The van der Waals surface area contributed by atoms with E-state index in [9.17, 15) is 4.79 Å². The molecular weight excluding hydrogens is 332 g/mol. The number of aryl methyl sites for hydroxylation is 3. The number of rotatable bonds is 4. The summed E-state index contributed by atoms with van der Waals surface area (Å²) in [6.07, 6.45) is 2.17. The van der Waals surface area contributed by atoms with Crippen molar-refractivity contribution in [3.63, 3.8) is 0 Å². The van der Waals surface area contributed by atoms with Crippen LogP contribution in [0.15, 0.2) is 30.5 Å². The lowest BCUT2D eigenvalue weighted by Gasteiger charge is -2.32. The summed E-state index contributed by atoms with van der Waals surface area (Å²) in [6.45, 7) is 4.13. The van der Waals surface area contributed by atoms with E-state index in [1.54, 1.807) is 4.68 Å². The number of carbonyl (C=O) groups is 1.